The standard InChI is InChI=1S/C11H12N2O3S3/c12-11(17)9-3-4-10(18-9)19(14,15)13-6-5-8-2-1-7-16-8/h1-4,7,13H,5-6H2,(H2,12,17). The molecule has 0 aliphatic carbocycles. The van der Waals surface area contributed by atoms with E-state index in [4.69, 9.17) is 22.4 Å². The molecule has 0 atom stereocenters. The van der Waals surface area contributed by atoms with Gasteiger partial charge >= 0.3 is 0 Å². The zero-order valence-corrected chi connectivity index (χ0v) is 12.3. The van der Waals surface area contributed by atoms with E-state index in [0.29, 0.717) is 11.3 Å². The summed E-state index contributed by atoms with van der Waals surface area (Å²) in [6.45, 7) is 0.274. The third-order valence-corrected chi connectivity index (χ3v) is 5.75. The summed E-state index contributed by atoms with van der Waals surface area (Å²) in [5, 5.41) is 0. The molecule has 5 nitrogen and oxygen atoms in total. The predicted octanol–water partition coefficient (Wildman–Crippen LogP) is 1.50. The van der Waals surface area contributed by atoms with Gasteiger partial charge in [-0.1, -0.05) is 12.2 Å². The van der Waals surface area contributed by atoms with Crippen LogP contribution in [0.5, 0.6) is 0 Å². The van der Waals surface area contributed by atoms with Crippen molar-refractivity contribution < 1.29 is 12.8 Å². The number of nitrogens with two attached hydrogens (primary N) is 1. The Kier molecular flexibility index (Phi) is 4.35. The van der Waals surface area contributed by atoms with E-state index in [-0.39, 0.29) is 15.7 Å². The molecule has 3 N–H and O–H groups in total. The molecule has 19 heavy (non-hydrogen) atoms. The van der Waals surface area contributed by atoms with Gasteiger partial charge in [-0.25, -0.2) is 13.1 Å². The summed E-state index contributed by atoms with van der Waals surface area (Å²) < 4.78 is 31.8. The molecule has 0 unspecified atom stereocenters. The van der Waals surface area contributed by atoms with Gasteiger partial charge in [0.25, 0.3) is 0 Å². The van der Waals surface area contributed by atoms with E-state index in [0.717, 1.165) is 17.1 Å². The second-order valence-corrected chi connectivity index (χ2v) is 7.23. The fourth-order valence-electron chi connectivity index (χ4n) is 1.43. The van der Waals surface area contributed by atoms with Gasteiger partial charge in [0, 0.05) is 13.0 Å². The van der Waals surface area contributed by atoms with Gasteiger partial charge in [0.1, 0.15) is 15.0 Å². The highest BCUT2D eigenvalue weighted by Crippen LogP contribution is 2.21. The van der Waals surface area contributed by atoms with Gasteiger partial charge in [0.15, 0.2) is 0 Å². The van der Waals surface area contributed by atoms with Crippen molar-refractivity contribution in [2.75, 3.05) is 6.54 Å². The van der Waals surface area contributed by atoms with E-state index in [1.54, 1.807) is 24.5 Å². The second kappa shape index (κ2) is 5.83. The highest BCUT2D eigenvalue weighted by atomic mass is 32.2. The molecule has 0 aromatic carbocycles. The lowest BCUT2D eigenvalue weighted by Crippen LogP contribution is -2.25. The van der Waals surface area contributed by atoms with Crippen molar-refractivity contribution in [2.24, 2.45) is 5.73 Å². The zero-order chi connectivity index (χ0) is 13.9. The number of furan rings is 1. The number of nitrogens with one attached hydrogen (secondary N) is 1. The van der Waals surface area contributed by atoms with Crippen LogP contribution >= 0.6 is 23.6 Å². The van der Waals surface area contributed by atoms with Crippen molar-refractivity contribution in [3.05, 3.63) is 41.2 Å². The van der Waals surface area contributed by atoms with Crippen molar-refractivity contribution in [3.8, 4) is 0 Å². The molecule has 0 spiro atoms. The molecule has 0 radical (unpaired) electrons. The smallest absolute Gasteiger partial charge is 0.250 e. The highest BCUT2D eigenvalue weighted by molar-refractivity contribution is 7.91. The largest absolute Gasteiger partial charge is 0.469 e. The molecule has 0 saturated carbocycles. The lowest BCUT2D eigenvalue weighted by molar-refractivity contribution is 0.506. The molecule has 0 aliphatic heterocycles. The molecule has 2 rings (SSSR count). The average Bonchev–Trinajstić information content (AvgIpc) is 2.99. The van der Waals surface area contributed by atoms with Gasteiger partial charge in [-0.3, -0.25) is 0 Å². The van der Waals surface area contributed by atoms with Gasteiger partial charge in [0.2, 0.25) is 10.0 Å². The molecular weight excluding hydrogens is 304 g/mol. The van der Waals surface area contributed by atoms with E-state index in [2.05, 4.69) is 4.72 Å². The molecule has 2 aromatic rings. The maximum absolute atomic E-state index is 12.0. The lowest BCUT2D eigenvalue weighted by atomic mass is 10.3. The molecule has 102 valence electrons. The fraction of sp³-hybridized carbons (Fsp3) is 0.182. The van der Waals surface area contributed by atoms with Crippen molar-refractivity contribution in [2.45, 2.75) is 10.6 Å². The molecule has 2 aromatic heterocycles. The Labute approximate surface area is 120 Å². The van der Waals surface area contributed by atoms with Crippen LogP contribution in [0.15, 0.2) is 39.2 Å². The Bertz CT molecular complexity index is 659. The summed E-state index contributed by atoms with van der Waals surface area (Å²) in [6.07, 6.45) is 2.05. The maximum Gasteiger partial charge on any atom is 0.250 e. The number of thiophene rings is 1. The third-order valence-electron chi connectivity index (χ3n) is 2.33. The SMILES string of the molecule is NC(=S)c1ccc(S(=O)(=O)NCCc2ccco2)s1. The fourth-order valence-corrected chi connectivity index (χ4v) is 3.86. The Balaban J connectivity index is 1.99. The first-order valence-corrected chi connectivity index (χ1v) is 8.11. The van der Waals surface area contributed by atoms with Gasteiger partial charge < -0.3 is 10.2 Å². The van der Waals surface area contributed by atoms with Crippen LogP contribution in [0.1, 0.15) is 10.6 Å². The summed E-state index contributed by atoms with van der Waals surface area (Å²) >= 11 is 5.86. The van der Waals surface area contributed by atoms with E-state index in [9.17, 15) is 8.42 Å². The van der Waals surface area contributed by atoms with E-state index < -0.39 is 10.0 Å². The first-order valence-electron chi connectivity index (χ1n) is 5.41. The van der Waals surface area contributed by atoms with Gasteiger partial charge in [0.05, 0.1) is 11.1 Å². The number of rotatable bonds is 6. The summed E-state index contributed by atoms with van der Waals surface area (Å²) in [5.41, 5.74) is 5.45. The van der Waals surface area contributed by atoms with Crippen molar-refractivity contribution in [1.29, 1.82) is 0 Å². The zero-order valence-electron chi connectivity index (χ0n) is 9.83. The number of sulfonamides is 1. The Morgan fingerprint density at radius 1 is 1.42 bits per heavy atom. The van der Waals surface area contributed by atoms with E-state index in [1.807, 2.05) is 0 Å². The monoisotopic (exact) mass is 316 g/mol. The number of hydrogen-bond donors (Lipinski definition) is 2. The third kappa shape index (κ3) is 3.63. The molecule has 0 bridgehead atoms. The Hall–Kier alpha value is -1.22. The van der Waals surface area contributed by atoms with Crippen molar-refractivity contribution in [1.82, 2.24) is 4.72 Å². The molecule has 0 amide bonds. The van der Waals surface area contributed by atoms with Crippen LogP contribution in [0, 0.1) is 0 Å². The minimum atomic E-state index is -3.51. The highest BCUT2D eigenvalue weighted by Gasteiger charge is 2.17. The second-order valence-electron chi connectivity index (χ2n) is 3.71. The normalized spacial score (nSPS) is 11.6. The minimum absolute atomic E-state index is 0.196. The first kappa shape index (κ1) is 14.2. The molecular formula is C11H12N2O3S3. The molecule has 0 fully saturated rings. The van der Waals surface area contributed by atoms with Crippen LogP contribution in [0.3, 0.4) is 0 Å². The van der Waals surface area contributed by atoms with Crippen LogP contribution in [0.4, 0.5) is 0 Å². The number of hydrogen-bond acceptors (Lipinski definition) is 5. The maximum atomic E-state index is 12.0. The summed E-state index contributed by atoms with van der Waals surface area (Å²) in [4.78, 5) is 0.781. The van der Waals surface area contributed by atoms with Crippen LogP contribution in [0.25, 0.3) is 0 Å². The minimum Gasteiger partial charge on any atom is -0.469 e. The number of thiocarbonyl (C=S) groups is 1. The van der Waals surface area contributed by atoms with Crippen LogP contribution in [0.2, 0.25) is 0 Å². The quantitative estimate of drug-likeness (QED) is 0.789. The first-order chi connectivity index (χ1) is 8.99. The van der Waals surface area contributed by atoms with Crippen molar-refractivity contribution in [3.63, 3.8) is 0 Å². The summed E-state index contributed by atoms with van der Waals surface area (Å²) in [7, 11) is -3.51. The van der Waals surface area contributed by atoms with Gasteiger partial charge in [-0.05, 0) is 24.3 Å². The summed E-state index contributed by atoms with van der Waals surface area (Å²) in [5.74, 6) is 0.734. The average molecular weight is 316 g/mol. The molecule has 0 aliphatic rings. The van der Waals surface area contributed by atoms with Crippen LogP contribution in [-0.4, -0.2) is 20.0 Å². The Morgan fingerprint density at radius 3 is 2.79 bits per heavy atom. The van der Waals surface area contributed by atoms with Crippen molar-refractivity contribution >= 4 is 38.6 Å². The van der Waals surface area contributed by atoms with Crippen LogP contribution < -0.4 is 10.5 Å². The van der Waals surface area contributed by atoms with Crippen LogP contribution in [-0.2, 0) is 16.4 Å². The molecule has 2 heterocycles. The van der Waals surface area contributed by atoms with E-state index in [1.165, 1.54) is 6.07 Å². The predicted molar refractivity (Wildman–Crippen MR) is 77.8 cm³/mol. The summed E-state index contributed by atoms with van der Waals surface area (Å²) in [6, 6.07) is 6.66. The van der Waals surface area contributed by atoms with Gasteiger partial charge in [-0.15, -0.1) is 11.3 Å². The topological polar surface area (TPSA) is 85.3 Å². The van der Waals surface area contributed by atoms with E-state index >= 15 is 0 Å². The molecule has 0 saturated heterocycles. The Morgan fingerprint density at radius 2 is 2.21 bits per heavy atom. The van der Waals surface area contributed by atoms with Gasteiger partial charge in [-0.2, -0.15) is 0 Å². The lowest BCUT2D eigenvalue weighted by Gasteiger charge is -2.03. The molecule has 8 heteroatoms.